The van der Waals surface area contributed by atoms with Crippen LogP contribution in [0, 0.1) is 0 Å². The lowest BCUT2D eigenvalue weighted by molar-refractivity contribution is -0.122. The maximum Gasteiger partial charge on any atom is 0.234 e. The number of aliphatic hydroxyl groups excluding tert-OH is 1. The van der Waals surface area contributed by atoms with Gasteiger partial charge in [0.25, 0.3) is 0 Å². The summed E-state index contributed by atoms with van der Waals surface area (Å²) in [6.07, 6.45) is 1.24. The highest BCUT2D eigenvalue weighted by atomic mass is 32.1. The van der Waals surface area contributed by atoms with Gasteiger partial charge in [0.15, 0.2) is 0 Å². The quantitative estimate of drug-likeness (QED) is 0.866. The lowest BCUT2D eigenvalue weighted by Crippen LogP contribution is -2.37. The third-order valence-electron chi connectivity index (χ3n) is 3.61. The summed E-state index contributed by atoms with van der Waals surface area (Å²) in [7, 11) is 0. The number of likely N-dealkylation sites (tertiary alicyclic amines) is 1. The Hall–Kier alpha value is -1.50. The predicted octanol–water partition coefficient (Wildman–Crippen LogP) is 1.02. The summed E-state index contributed by atoms with van der Waals surface area (Å²) in [4.78, 5) is 18.3. The van der Waals surface area contributed by atoms with E-state index in [0.717, 1.165) is 29.9 Å². The number of hydrogen-bond acceptors (Lipinski definition) is 5. The molecule has 1 aliphatic rings. The number of aliphatic hydroxyl groups is 1. The smallest absolute Gasteiger partial charge is 0.234 e. The van der Waals surface area contributed by atoms with E-state index in [1.54, 1.807) is 11.3 Å². The van der Waals surface area contributed by atoms with Crippen LogP contribution in [0.15, 0.2) is 24.3 Å². The minimum Gasteiger partial charge on any atom is -0.392 e. The largest absolute Gasteiger partial charge is 0.392 e. The van der Waals surface area contributed by atoms with E-state index in [1.807, 2.05) is 23.1 Å². The van der Waals surface area contributed by atoms with Crippen LogP contribution in [-0.4, -0.2) is 53.2 Å². The second kappa shape index (κ2) is 6.51. The molecule has 5 nitrogen and oxygen atoms in total. The van der Waals surface area contributed by atoms with Crippen LogP contribution in [0.2, 0.25) is 0 Å². The number of amides is 1. The molecule has 1 fully saturated rings. The molecule has 0 spiro atoms. The van der Waals surface area contributed by atoms with E-state index in [4.69, 9.17) is 0 Å². The minimum absolute atomic E-state index is 0.0187. The fraction of sp³-hybridized carbons (Fsp3) is 0.467. The van der Waals surface area contributed by atoms with E-state index < -0.39 is 0 Å². The van der Waals surface area contributed by atoms with E-state index in [0.29, 0.717) is 19.6 Å². The fourth-order valence-corrected chi connectivity index (χ4v) is 3.52. The molecule has 112 valence electrons. The van der Waals surface area contributed by atoms with Gasteiger partial charge in [0.2, 0.25) is 5.91 Å². The molecule has 21 heavy (non-hydrogen) atoms. The molecular weight excluding hydrogens is 286 g/mol. The van der Waals surface area contributed by atoms with Gasteiger partial charge in [0, 0.05) is 26.1 Å². The molecule has 2 N–H and O–H groups in total. The first-order valence-electron chi connectivity index (χ1n) is 7.22. The van der Waals surface area contributed by atoms with Gasteiger partial charge >= 0.3 is 0 Å². The van der Waals surface area contributed by atoms with E-state index in [9.17, 15) is 9.90 Å². The summed E-state index contributed by atoms with van der Waals surface area (Å²) in [5, 5.41) is 13.4. The Morgan fingerprint density at radius 3 is 3.10 bits per heavy atom. The number of β-amino-alcohol motifs (C(OH)–C–C–N with tert-alkyl or cyclic N) is 1. The lowest BCUT2D eigenvalue weighted by Gasteiger charge is -2.14. The van der Waals surface area contributed by atoms with Crippen molar-refractivity contribution in [3.05, 3.63) is 29.3 Å². The summed E-state index contributed by atoms with van der Waals surface area (Å²) in [5.41, 5.74) is 1.02. The topological polar surface area (TPSA) is 65.5 Å². The molecule has 1 amide bonds. The van der Waals surface area contributed by atoms with Crippen molar-refractivity contribution in [3.8, 4) is 0 Å². The van der Waals surface area contributed by atoms with E-state index in [1.165, 1.54) is 4.70 Å². The molecular formula is C15H19N3O2S. The standard InChI is InChI=1S/C15H19N3O2S/c19-11-6-8-18(9-11)10-14(20)16-7-5-15-17-12-3-1-2-4-13(12)21-15/h1-4,11,19H,5-10H2,(H,16,20)/t11-/m0/s1. The maximum absolute atomic E-state index is 11.8. The van der Waals surface area contributed by atoms with Crippen molar-refractivity contribution in [2.75, 3.05) is 26.2 Å². The molecule has 0 radical (unpaired) electrons. The van der Waals surface area contributed by atoms with Crippen LogP contribution in [0.5, 0.6) is 0 Å². The average molecular weight is 305 g/mol. The van der Waals surface area contributed by atoms with E-state index in [-0.39, 0.29) is 12.0 Å². The monoisotopic (exact) mass is 305 g/mol. The Morgan fingerprint density at radius 2 is 2.33 bits per heavy atom. The zero-order valence-corrected chi connectivity index (χ0v) is 12.6. The van der Waals surface area contributed by atoms with Crippen molar-refractivity contribution in [2.45, 2.75) is 18.9 Å². The number of fused-ring (bicyclic) bond motifs is 1. The number of nitrogens with one attached hydrogen (secondary N) is 1. The number of carbonyl (C=O) groups excluding carboxylic acids is 1. The minimum atomic E-state index is -0.277. The van der Waals surface area contributed by atoms with Crippen LogP contribution < -0.4 is 5.32 Å². The maximum atomic E-state index is 11.8. The summed E-state index contributed by atoms with van der Waals surface area (Å²) in [6.45, 7) is 2.38. The zero-order chi connectivity index (χ0) is 14.7. The normalized spacial score (nSPS) is 19.2. The van der Waals surface area contributed by atoms with Crippen molar-refractivity contribution >= 4 is 27.5 Å². The number of benzene rings is 1. The molecule has 0 aliphatic carbocycles. The van der Waals surface area contributed by atoms with Gasteiger partial charge in [0.1, 0.15) is 0 Å². The summed E-state index contributed by atoms with van der Waals surface area (Å²) >= 11 is 1.68. The van der Waals surface area contributed by atoms with Crippen molar-refractivity contribution in [3.63, 3.8) is 0 Å². The van der Waals surface area contributed by atoms with Gasteiger partial charge in [-0.1, -0.05) is 12.1 Å². The number of hydrogen-bond donors (Lipinski definition) is 2. The summed E-state index contributed by atoms with van der Waals surface area (Å²) in [6, 6.07) is 8.06. The molecule has 2 aromatic rings. The number of thiazole rings is 1. The van der Waals surface area contributed by atoms with Gasteiger partial charge in [-0.15, -0.1) is 11.3 Å². The highest BCUT2D eigenvalue weighted by Gasteiger charge is 2.21. The van der Waals surface area contributed by atoms with Crippen molar-refractivity contribution in [1.82, 2.24) is 15.2 Å². The molecule has 0 unspecified atom stereocenters. The number of nitrogens with zero attached hydrogens (tertiary/aromatic N) is 2. The van der Waals surface area contributed by atoms with Gasteiger partial charge in [-0.3, -0.25) is 9.69 Å². The summed E-state index contributed by atoms with van der Waals surface area (Å²) in [5.74, 6) is 0.0187. The lowest BCUT2D eigenvalue weighted by atomic mass is 10.3. The van der Waals surface area contributed by atoms with Crippen LogP contribution in [0.1, 0.15) is 11.4 Å². The second-order valence-corrected chi connectivity index (χ2v) is 6.47. The first kappa shape index (κ1) is 14.4. The Kier molecular flexibility index (Phi) is 4.48. The van der Waals surface area contributed by atoms with Crippen LogP contribution in [0.25, 0.3) is 10.2 Å². The summed E-state index contributed by atoms with van der Waals surface area (Å²) < 4.78 is 1.19. The molecule has 1 aromatic heterocycles. The Balaban J connectivity index is 1.44. The molecule has 1 saturated heterocycles. The Morgan fingerprint density at radius 1 is 1.48 bits per heavy atom. The SMILES string of the molecule is O=C(CN1CC[C@H](O)C1)NCCc1nc2ccccc2s1. The molecule has 1 aliphatic heterocycles. The van der Waals surface area contributed by atoms with E-state index in [2.05, 4.69) is 16.4 Å². The van der Waals surface area contributed by atoms with Crippen molar-refractivity contribution < 1.29 is 9.90 Å². The second-order valence-electron chi connectivity index (χ2n) is 5.35. The van der Waals surface area contributed by atoms with Crippen molar-refractivity contribution in [1.29, 1.82) is 0 Å². The fourth-order valence-electron chi connectivity index (χ4n) is 2.55. The number of aromatic nitrogens is 1. The predicted molar refractivity (Wildman–Crippen MR) is 83.4 cm³/mol. The van der Waals surface area contributed by atoms with Crippen LogP contribution in [0.4, 0.5) is 0 Å². The van der Waals surface area contributed by atoms with Gasteiger partial charge in [-0.2, -0.15) is 0 Å². The van der Waals surface area contributed by atoms with E-state index >= 15 is 0 Å². The molecule has 3 rings (SSSR count). The van der Waals surface area contributed by atoms with Crippen LogP contribution in [0.3, 0.4) is 0 Å². The Labute approximate surface area is 127 Å². The molecule has 2 heterocycles. The number of carbonyl (C=O) groups is 1. The van der Waals surface area contributed by atoms with Gasteiger partial charge in [-0.05, 0) is 18.6 Å². The average Bonchev–Trinajstić information content (AvgIpc) is 3.04. The molecule has 0 bridgehead atoms. The molecule has 1 atom stereocenters. The molecule has 6 heteroatoms. The zero-order valence-electron chi connectivity index (χ0n) is 11.8. The first-order valence-corrected chi connectivity index (χ1v) is 8.04. The van der Waals surface area contributed by atoms with Crippen LogP contribution in [-0.2, 0) is 11.2 Å². The first-order chi connectivity index (χ1) is 10.2. The van der Waals surface area contributed by atoms with Crippen LogP contribution >= 0.6 is 11.3 Å². The number of para-hydroxylation sites is 1. The van der Waals surface area contributed by atoms with Gasteiger partial charge < -0.3 is 10.4 Å². The Bertz CT molecular complexity index is 595. The van der Waals surface area contributed by atoms with Gasteiger partial charge in [-0.25, -0.2) is 4.98 Å². The number of rotatable bonds is 5. The highest BCUT2D eigenvalue weighted by molar-refractivity contribution is 7.18. The third-order valence-corrected chi connectivity index (χ3v) is 4.71. The van der Waals surface area contributed by atoms with Crippen molar-refractivity contribution in [2.24, 2.45) is 0 Å². The van der Waals surface area contributed by atoms with Gasteiger partial charge in [0.05, 0.1) is 27.9 Å². The highest BCUT2D eigenvalue weighted by Crippen LogP contribution is 2.21. The third kappa shape index (κ3) is 3.78. The molecule has 0 saturated carbocycles. The molecule has 1 aromatic carbocycles.